The molecular weight excluding hydrogens is 300 g/mol. The van der Waals surface area contributed by atoms with Crippen molar-refractivity contribution in [2.24, 2.45) is 10.9 Å². The quantitative estimate of drug-likeness (QED) is 0.436. The maximum Gasteiger partial charge on any atom is 0.191 e. The molecule has 24 heavy (non-hydrogen) atoms. The summed E-state index contributed by atoms with van der Waals surface area (Å²) in [5.74, 6) is 1.73. The normalized spacial score (nSPS) is 21.1. The second kappa shape index (κ2) is 8.92. The monoisotopic (exact) mass is 330 g/mol. The Kier molecular flexibility index (Phi) is 6.35. The van der Waals surface area contributed by atoms with Crippen molar-refractivity contribution in [1.29, 1.82) is 0 Å². The van der Waals surface area contributed by atoms with Crippen LogP contribution in [0.25, 0.3) is 0 Å². The number of hydrogen-bond donors (Lipinski definition) is 2. The second-order valence-electron chi connectivity index (χ2n) is 6.69. The number of rotatable bonds is 8. The van der Waals surface area contributed by atoms with Gasteiger partial charge in [-0.25, -0.2) is 0 Å². The summed E-state index contributed by atoms with van der Waals surface area (Å²) in [6.45, 7) is 7.44. The lowest BCUT2D eigenvalue weighted by molar-refractivity contribution is 0.131. The fourth-order valence-electron chi connectivity index (χ4n) is 3.02. The third-order valence-electron chi connectivity index (χ3n) is 4.55. The average molecular weight is 330 g/mol. The summed E-state index contributed by atoms with van der Waals surface area (Å²) in [5.41, 5.74) is 1.30. The first-order valence-corrected chi connectivity index (χ1v) is 9.27. The maximum atomic E-state index is 5.66. The topological polar surface area (TPSA) is 48.9 Å². The number of anilines is 1. The van der Waals surface area contributed by atoms with Gasteiger partial charge in [0.25, 0.3) is 0 Å². The first-order chi connectivity index (χ1) is 11.8. The zero-order valence-electron chi connectivity index (χ0n) is 14.7. The molecule has 5 heteroatoms. The van der Waals surface area contributed by atoms with Gasteiger partial charge < -0.3 is 20.3 Å². The first kappa shape index (κ1) is 17.1. The Bertz CT molecular complexity index is 515. The van der Waals surface area contributed by atoms with Crippen LogP contribution in [0.1, 0.15) is 26.2 Å². The number of guanidine groups is 1. The predicted molar refractivity (Wildman–Crippen MR) is 99.7 cm³/mol. The fourth-order valence-corrected chi connectivity index (χ4v) is 3.02. The molecule has 1 unspecified atom stereocenters. The van der Waals surface area contributed by atoms with E-state index in [2.05, 4.69) is 57.8 Å². The molecule has 0 spiro atoms. The molecule has 2 aliphatic rings. The van der Waals surface area contributed by atoms with Crippen molar-refractivity contribution < 1.29 is 4.74 Å². The van der Waals surface area contributed by atoms with E-state index in [-0.39, 0.29) is 0 Å². The molecule has 2 N–H and O–H groups in total. The lowest BCUT2D eigenvalue weighted by Crippen LogP contribution is -2.44. The molecule has 1 aromatic carbocycles. The van der Waals surface area contributed by atoms with Crippen LogP contribution in [0, 0.1) is 5.92 Å². The van der Waals surface area contributed by atoms with Gasteiger partial charge in [-0.1, -0.05) is 18.2 Å². The van der Waals surface area contributed by atoms with Crippen LogP contribution in [-0.2, 0) is 4.74 Å². The Morgan fingerprint density at radius 2 is 2.08 bits per heavy atom. The van der Waals surface area contributed by atoms with Gasteiger partial charge in [-0.05, 0) is 44.2 Å². The van der Waals surface area contributed by atoms with Crippen LogP contribution in [-0.4, -0.2) is 51.4 Å². The zero-order valence-corrected chi connectivity index (χ0v) is 14.7. The number of hydrogen-bond acceptors (Lipinski definition) is 3. The minimum Gasteiger partial charge on any atom is -0.379 e. The van der Waals surface area contributed by atoms with E-state index in [9.17, 15) is 0 Å². The van der Waals surface area contributed by atoms with Crippen molar-refractivity contribution in [1.82, 2.24) is 10.6 Å². The van der Waals surface area contributed by atoms with Crippen molar-refractivity contribution >= 4 is 11.6 Å². The average Bonchev–Trinajstić information content (AvgIpc) is 3.32. The fraction of sp³-hybridized carbons (Fsp3) is 0.632. The number of aliphatic imine (C=N–C) groups is 1. The molecule has 5 nitrogen and oxygen atoms in total. The van der Waals surface area contributed by atoms with Gasteiger partial charge in [0.1, 0.15) is 0 Å². The highest BCUT2D eigenvalue weighted by molar-refractivity contribution is 5.80. The zero-order chi connectivity index (χ0) is 16.6. The van der Waals surface area contributed by atoms with Crippen molar-refractivity contribution in [3.8, 4) is 0 Å². The smallest absolute Gasteiger partial charge is 0.191 e. The molecule has 0 aromatic heterocycles. The molecule has 1 heterocycles. The largest absolute Gasteiger partial charge is 0.379 e. The number of nitrogens with zero attached hydrogens (tertiary/aromatic N) is 2. The van der Waals surface area contributed by atoms with Crippen LogP contribution in [0.4, 0.5) is 5.69 Å². The molecule has 0 radical (unpaired) electrons. The van der Waals surface area contributed by atoms with E-state index in [0.29, 0.717) is 12.6 Å². The number of benzene rings is 1. The first-order valence-electron chi connectivity index (χ1n) is 9.27. The van der Waals surface area contributed by atoms with Crippen LogP contribution in [0.3, 0.4) is 0 Å². The van der Waals surface area contributed by atoms with E-state index in [0.717, 1.165) is 51.1 Å². The van der Waals surface area contributed by atoms with Gasteiger partial charge >= 0.3 is 0 Å². The molecule has 3 rings (SSSR count). The summed E-state index contributed by atoms with van der Waals surface area (Å²) in [4.78, 5) is 7.07. The standard InChI is InChI=1S/C19H30N4O/c1-2-20-19(21-11-13-24-15-16-8-9-16)22-17-10-12-23(14-17)18-6-4-3-5-7-18/h3-7,16-17H,2,8-15H2,1H3,(H2,20,21,22). The van der Waals surface area contributed by atoms with E-state index < -0.39 is 0 Å². The van der Waals surface area contributed by atoms with Crippen LogP contribution >= 0.6 is 0 Å². The van der Waals surface area contributed by atoms with Gasteiger partial charge in [-0.2, -0.15) is 0 Å². The third-order valence-corrected chi connectivity index (χ3v) is 4.55. The van der Waals surface area contributed by atoms with Crippen molar-refractivity contribution in [3.63, 3.8) is 0 Å². The molecule has 1 aliphatic heterocycles. The van der Waals surface area contributed by atoms with Crippen molar-refractivity contribution in [2.45, 2.75) is 32.2 Å². The molecule has 1 aromatic rings. The molecule has 0 bridgehead atoms. The number of para-hydroxylation sites is 1. The third kappa shape index (κ3) is 5.41. The van der Waals surface area contributed by atoms with Crippen molar-refractivity contribution in [3.05, 3.63) is 30.3 Å². The maximum absolute atomic E-state index is 5.66. The Hall–Kier alpha value is -1.75. The summed E-state index contributed by atoms with van der Waals surface area (Å²) >= 11 is 0. The molecule has 2 fully saturated rings. The van der Waals surface area contributed by atoms with Crippen molar-refractivity contribution in [2.75, 3.05) is 44.3 Å². The van der Waals surface area contributed by atoms with Gasteiger partial charge in [0, 0.05) is 38.0 Å². The van der Waals surface area contributed by atoms with Crippen LogP contribution in [0.5, 0.6) is 0 Å². The van der Waals surface area contributed by atoms with E-state index in [1.165, 1.54) is 18.5 Å². The van der Waals surface area contributed by atoms with Gasteiger partial charge in [-0.15, -0.1) is 0 Å². The van der Waals surface area contributed by atoms with Gasteiger partial charge in [0.2, 0.25) is 0 Å². The Labute approximate surface area is 145 Å². The van der Waals surface area contributed by atoms with Gasteiger partial charge in [0.05, 0.1) is 13.2 Å². The van der Waals surface area contributed by atoms with Crippen LogP contribution in [0.2, 0.25) is 0 Å². The number of ether oxygens (including phenoxy) is 1. The lowest BCUT2D eigenvalue weighted by Gasteiger charge is -2.20. The highest BCUT2D eigenvalue weighted by atomic mass is 16.5. The Balaban J connectivity index is 1.42. The highest BCUT2D eigenvalue weighted by Gasteiger charge is 2.23. The summed E-state index contributed by atoms with van der Waals surface area (Å²) in [6, 6.07) is 11.1. The predicted octanol–water partition coefficient (Wildman–Crippen LogP) is 2.25. The van der Waals surface area contributed by atoms with E-state index in [4.69, 9.17) is 4.74 Å². The molecule has 1 atom stereocenters. The number of nitrogens with one attached hydrogen (secondary N) is 2. The van der Waals surface area contributed by atoms with Gasteiger partial charge in [0.15, 0.2) is 5.96 Å². The Morgan fingerprint density at radius 1 is 1.25 bits per heavy atom. The van der Waals surface area contributed by atoms with E-state index in [1.807, 2.05) is 0 Å². The SMILES string of the molecule is CCNC(=NCCOCC1CC1)NC1CCN(c2ccccc2)C1. The van der Waals surface area contributed by atoms with E-state index >= 15 is 0 Å². The lowest BCUT2D eigenvalue weighted by atomic mass is 10.3. The van der Waals surface area contributed by atoms with Crippen LogP contribution < -0.4 is 15.5 Å². The molecule has 1 aliphatic carbocycles. The summed E-state index contributed by atoms with van der Waals surface area (Å²) in [5, 5.41) is 6.91. The van der Waals surface area contributed by atoms with Gasteiger partial charge in [-0.3, -0.25) is 4.99 Å². The van der Waals surface area contributed by atoms with Crippen LogP contribution in [0.15, 0.2) is 35.3 Å². The molecule has 132 valence electrons. The molecular formula is C19H30N4O. The molecule has 1 saturated heterocycles. The summed E-state index contributed by atoms with van der Waals surface area (Å²) in [7, 11) is 0. The highest BCUT2D eigenvalue weighted by Crippen LogP contribution is 2.28. The Morgan fingerprint density at radius 3 is 2.83 bits per heavy atom. The minimum atomic E-state index is 0.440. The second-order valence-corrected chi connectivity index (χ2v) is 6.69. The minimum absolute atomic E-state index is 0.440. The summed E-state index contributed by atoms with van der Waals surface area (Å²) in [6.07, 6.45) is 3.82. The molecule has 0 amide bonds. The van der Waals surface area contributed by atoms with E-state index in [1.54, 1.807) is 0 Å². The summed E-state index contributed by atoms with van der Waals surface area (Å²) < 4.78 is 5.66. The molecule has 1 saturated carbocycles.